The topological polar surface area (TPSA) is 89.5 Å². The smallest absolute Gasteiger partial charge is 0.258 e. The molecule has 1 saturated heterocycles. The van der Waals surface area contributed by atoms with Gasteiger partial charge in [-0.05, 0) is 61.9 Å². The van der Waals surface area contributed by atoms with Crippen LogP contribution in [0.1, 0.15) is 29.3 Å². The molecule has 1 atom stereocenters. The molecule has 8 heteroatoms. The molecule has 1 N–H and O–H groups in total. The summed E-state index contributed by atoms with van der Waals surface area (Å²) in [5.41, 5.74) is 0.00587. The molecule has 1 aliphatic heterocycles. The zero-order chi connectivity index (χ0) is 20.4. The molecule has 0 spiro atoms. The fraction of sp³-hybridized carbons (Fsp3) is 0.300. The highest BCUT2D eigenvalue weighted by atomic mass is 32.2. The van der Waals surface area contributed by atoms with Gasteiger partial charge in [0.05, 0.1) is 17.0 Å². The van der Waals surface area contributed by atoms with Crippen LogP contribution in [-0.4, -0.2) is 43.8 Å². The number of benzene rings is 2. The first kappa shape index (κ1) is 20.0. The van der Waals surface area contributed by atoms with Crippen molar-refractivity contribution in [3.63, 3.8) is 0 Å². The lowest BCUT2D eigenvalue weighted by molar-refractivity contribution is -0.124. The first-order valence-corrected chi connectivity index (χ1v) is 10.5. The highest BCUT2D eigenvalue weighted by Gasteiger charge is 2.39. The lowest BCUT2D eigenvalue weighted by atomic mass is 10.0. The molecule has 1 amide bonds. The van der Waals surface area contributed by atoms with Crippen LogP contribution in [0.25, 0.3) is 0 Å². The van der Waals surface area contributed by atoms with Crippen molar-refractivity contribution >= 4 is 21.5 Å². The number of amides is 1. The Balaban J connectivity index is 1.55. The number of nitrogens with one attached hydrogen (secondary N) is 1. The Morgan fingerprint density at radius 3 is 2.18 bits per heavy atom. The highest BCUT2D eigenvalue weighted by Crippen LogP contribution is 2.23. The lowest BCUT2D eigenvalue weighted by Gasteiger charge is -2.23. The first-order chi connectivity index (χ1) is 13.2. The lowest BCUT2D eigenvalue weighted by Crippen LogP contribution is -2.48. The highest BCUT2D eigenvalue weighted by molar-refractivity contribution is 7.91. The predicted octanol–water partition coefficient (Wildman–Crippen LogP) is 2.13. The van der Waals surface area contributed by atoms with Crippen LogP contribution in [0.3, 0.4) is 0 Å². The van der Waals surface area contributed by atoms with Crippen molar-refractivity contribution in [2.24, 2.45) is 0 Å². The van der Waals surface area contributed by atoms with Crippen molar-refractivity contribution in [3.8, 4) is 5.75 Å². The van der Waals surface area contributed by atoms with E-state index in [2.05, 4.69) is 5.32 Å². The summed E-state index contributed by atoms with van der Waals surface area (Å²) in [5.74, 6) is -0.691. The Morgan fingerprint density at radius 2 is 1.64 bits per heavy atom. The Kier molecular flexibility index (Phi) is 5.51. The standard InChI is InChI=1S/C20H20FNO5S/c1-20(10-11-28(25,26)13-20)22-18(23)12-27-17-8-4-15(5-9-17)19(24)14-2-6-16(21)7-3-14/h2-9H,10-13H2,1H3,(H,22,23)/t20-/m0/s1. The number of halogens is 1. The second-order valence-electron chi connectivity index (χ2n) is 7.10. The number of sulfone groups is 1. The first-order valence-electron chi connectivity index (χ1n) is 8.70. The van der Waals surface area contributed by atoms with Gasteiger partial charge in [0.15, 0.2) is 22.2 Å². The van der Waals surface area contributed by atoms with Crippen molar-refractivity contribution in [1.29, 1.82) is 0 Å². The summed E-state index contributed by atoms with van der Waals surface area (Å²) in [6, 6.07) is 11.5. The number of hydrogen-bond acceptors (Lipinski definition) is 5. The molecule has 0 aliphatic carbocycles. The average molecular weight is 405 g/mol. The van der Waals surface area contributed by atoms with Crippen LogP contribution in [0.5, 0.6) is 5.75 Å². The summed E-state index contributed by atoms with van der Waals surface area (Å²) >= 11 is 0. The summed E-state index contributed by atoms with van der Waals surface area (Å²) < 4.78 is 41.5. The number of carbonyl (C=O) groups is 2. The molecule has 0 saturated carbocycles. The zero-order valence-corrected chi connectivity index (χ0v) is 16.1. The van der Waals surface area contributed by atoms with Gasteiger partial charge in [0.1, 0.15) is 11.6 Å². The fourth-order valence-corrected chi connectivity index (χ4v) is 5.19. The van der Waals surface area contributed by atoms with Crippen molar-refractivity contribution < 1.29 is 27.1 Å². The van der Waals surface area contributed by atoms with Gasteiger partial charge < -0.3 is 10.1 Å². The van der Waals surface area contributed by atoms with E-state index in [1.807, 2.05) is 0 Å². The number of carbonyl (C=O) groups excluding carboxylic acids is 2. The molecule has 6 nitrogen and oxygen atoms in total. The number of ketones is 1. The van der Waals surface area contributed by atoms with Gasteiger partial charge in [-0.25, -0.2) is 12.8 Å². The predicted molar refractivity (Wildman–Crippen MR) is 102 cm³/mol. The molecular weight excluding hydrogens is 385 g/mol. The third kappa shape index (κ3) is 4.95. The molecule has 2 aromatic carbocycles. The van der Waals surface area contributed by atoms with E-state index in [9.17, 15) is 22.4 Å². The van der Waals surface area contributed by atoms with Crippen LogP contribution >= 0.6 is 0 Å². The molecule has 1 aliphatic rings. The van der Waals surface area contributed by atoms with E-state index in [1.165, 1.54) is 24.3 Å². The molecule has 1 fully saturated rings. The van der Waals surface area contributed by atoms with Crippen molar-refractivity contribution in [1.82, 2.24) is 5.32 Å². The Morgan fingerprint density at radius 1 is 1.07 bits per heavy atom. The van der Waals surface area contributed by atoms with E-state index >= 15 is 0 Å². The fourth-order valence-electron chi connectivity index (χ4n) is 3.10. The molecule has 28 heavy (non-hydrogen) atoms. The largest absolute Gasteiger partial charge is 0.484 e. The van der Waals surface area contributed by atoms with Gasteiger partial charge >= 0.3 is 0 Å². The van der Waals surface area contributed by atoms with Gasteiger partial charge in [-0.2, -0.15) is 0 Å². The normalized spacial score (nSPS) is 20.5. The second-order valence-corrected chi connectivity index (χ2v) is 9.28. The number of rotatable bonds is 6. The van der Waals surface area contributed by atoms with Gasteiger partial charge in [0, 0.05) is 11.1 Å². The molecule has 0 radical (unpaired) electrons. The summed E-state index contributed by atoms with van der Waals surface area (Å²) in [6.07, 6.45) is 0.376. The SMILES string of the molecule is C[C@]1(NC(=O)COc2ccc(C(=O)c3ccc(F)cc3)cc2)CCS(=O)(=O)C1. The average Bonchev–Trinajstić information content (AvgIpc) is 2.93. The van der Waals surface area contributed by atoms with Gasteiger partial charge in [-0.1, -0.05) is 0 Å². The summed E-state index contributed by atoms with van der Waals surface area (Å²) in [7, 11) is -3.11. The molecule has 1 heterocycles. The molecule has 148 valence electrons. The zero-order valence-electron chi connectivity index (χ0n) is 15.3. The van der Waals surface area contributed by atoms with Crippen LogP contribution in [0.4, 0.5) is 4.39 Å². The maximum Gasteiger partial charge on any atom is 0.258 e. The van der Waals surface area contributed by atoms with E-state index in [0.717, 1.165) is 0 Å². The maximum atomic E-state index is 13.0. The molecule has 2 aromatic rings. The van der Waals surface area contributed by atoms with E-state index < -0.39 is 27.1 Å². The van der Waals surface area contributed by atoms with Crippen molar-refractivity contribution in [2.75, 3.05) is 18.1 Å². The van der Waals surface area contributed by atoms with E-state index in [0.29, 0.717) is 23.3 Å². The minimum absolute atomic E-state index is 0.0637. The van der Waals surface area contributed by atoms with Crippen molar-refractivity contribution in [3.05, 3.63) is 65.5 Å². The van der Waals surface area contributed by atoms with Crippen molar-refractivity contribution in [2.45, 2.75) is 18.9 Å². The molecule has 0 unspecified atom stereocenters. The van der Waals surface area contributed by atoms with E-state index in [-0.39, 0.29) is 23.9 Å². The Bertz CT molecular complexity index is 986. The molecule has 3 rings (SSSR count). The van der Waals surface area contributed by atoms with Crippen LogP contribution in [-0.2, 0) is 14.6 Å². The quantitative estimate of drug-likeness (QED) is 0.744. The minimum atomic E-state index is -3.11. The van der Waals surface area contributed by atoms with Gasteiger partial charge in [-0.3, -0.25) is 9.59 Å². The van der Waals surface area contributed by atoms with E-state index in [1.54, 1.807) is 31.2 Å². The van der Waals surface area contributed by atoms with Gasteiger partial charge in [0.25, 0.3) is 5.91 Å². The third-order valence-electron chi connectivity index (χ3n) is 4.54. The van der Waals surface area contributed by atoms with Gasteiger partial charge in [-0.15, -0.1) is 0 Å². The molecule has 0 aromatic heterocycles. The third-order valence-corrected chi connectivity index (χ3v) is 6.44. The number of ether oxygens (including phenoxy) is 1. The van der Waals surface area contributed by atoms with Crippen LogP contribution in [0, 0.1) is 5.82 Å². The summed E-state index contributed by atoms with van der Waals surface area (Å²) in [6.45, 7) is 1.44. The van der Waals surface area contributed by atoms with Crippen LogP contribution < -0.4 is 10.1 Å². The molecule has 0 bridgehead atoms. The molecular formula is C20H20FNO5S. The van der Waals surface area contributed by atoms with Crippen LogP contribution in [0.2, 0.25) is 0 Å². The number of hydrogen-bond donors (Lipinski definition) is 1. The van der Waals surface area contributed by atoms with Gasteiger partial charge in [0.2, 0.25) is 0 Å². The Labute approximate surface area is 162 Å². The van der Waals surface area contributed by atoms with E-state index in [4.69, 9.17) is 4.74 Å². The monoisotopic (exact) mass is 405 g/mol. The summed E-state index contributed by atoms with van der Waals surface area (Å²) in [5, 5.41) is 2.71. The van der Waals surface area contributed by atoms with Crippen LogP contribution in [0.15, 0.2) is 48.5 Å². The Hall–Kier alpha value is -2.74. The maximum absolute atomic E-state index is 13.0. The minimum Gasteiger partial charge on any atom is -0.484 e. The second kappa shape index (κ2) is 7.71. The summed E-state index contributed by atoms with van der Waals surface area (Å²) in [4.78, 5) is 24.4.